The first-order valence-electron chi connectivity index (χ1n) is 17.8. The molecule has 4 rings (SSSR count). The highest BCUT2D eigenvalue weighted by Crippen LogP contribution is 2.67. The van der Waals surface area contributed by atoms with Gasteiger partial charge >= 0.3 is 7.82 Å². The lowest BCUT2D eigenvalue weighted by atomic mass is 9.47. The Balaban J connectivity index is 1.28. The fourth-order valence-corrected chi connectivity index (χ4v) is 11.0. The summed E-state index contributed by atoms with van der Waals surface area (Å²) in [6.07, 6.45) is 17.1. The molecule has 0 aliphatic heterocycles. The molecule has 4 aliphatic carbocycles. The molecule has 0 aromatic heterocycles. The summed E-state index contributed by atoms with van der Waals surface area (Å²) < 4.78 is 29.4. The fourth-order valence-electron chi connectivity index (χ4n) is 10.3. The van der Waals surface area contributed by atoms with Crippen LogP contribution in [0.5, 0.6) is 0 Å². The normalized spacial score (nSPS) is 37.2. The molecule has 43 heavy (non-hydrogen) atoms. The molecule has 3 fully saturated rings. The lowest BCUT2D eigenvalue weighted by Gasteiger charge is -2.58. The largest absolute Gasteiger partial charge is 0.472 e. The summed E-state index contributed by atoms with van der Waals surface area (Å²) in [4.78, 5) is 9.99. The third kappa shape index (κ3) is 8.38. The van der Waals surface area contributed by atoms with Gasteiger partial charge in [-0.3, -0.25) is 9.05 Å². The Morgan fingerprint density at radius 2 is 1.70 bits per heavy atom. The molecule has 0 aromatic rings. The van der Waals surface area contributed by atoms with Crippen molar-refractivity contribution in [1.29, 1.82) is 0 Å². The first-order valence-corrected chi connectivity index (χ1v) is 19.3. The molecule has 10 atom stereocenters. The lowest BCUT2D eigenvalue weighted by Crippen LogP contribution is -2.51. The molecule has 7 heteroatoms. The average molecular weight is 625 g/mol. The molecule has 0 radical (unpaired) electrons. The Hall–Kier alpha value is -0.230. The highest BCUT2D eigenvalue weighted by molar-refractivity contribution is 7.47. The SMILES string of the molecule is CC[C@H](CC[C@@H](C)[C@H]1CC[C@H]2[C@@H]3CC=C4CC(OCCOP(=O)(O)OCC[N+](C)(C)C)CC[C@]4(C)[C@H]3CC[C@]12C)C(C)C. The van der Waals surface area contributed by atoms with Crippen LogP contribution in [-0.4, -0.2) is 63.0 Å². The van der Waals surface area contributed by atoms with E-state index in [2.05, 4.69) is 47.6 Å². The van der Waals surface area contributed by atoms with Crippen molar-refractivity contribution >= 4 is 7.82 Å². The van der Waals surface area contributed by atoms with Gasteiger partial charge in [-0.15, -0.1) is 0 Å². The van der Waals surface area contributed by atoms with E-state index in [1.54, 1.807) is 5.57 Å². The molecule has 0 spiro atoms. The predicted molar refractivity (Wildman–Crippen MR) is 177 cm³/mol. The number of likely N-dealkylation sites (N-methyl/N-ethyl adjacent to an activating group) is 1. The van der Waals surface area contributed by atoms with Crippen molar-refractivity contribution in [1.82, 2.24) is 0 Å². The third-order valence-corrected chi connectivity index (χ3v) is 14.0. The Morgan fingerprint density at radius 3 is 2.37 bits per heavy atom. The van der Waals surface area contributed by atoms with Crippen LogP contribution in [0.2, 0.25) is 0 Å². The summed E-state index contributed by atoms with van der Waals surface area (Å²) in [5, 5.41) is 0. The van der Waals surface area contributed by atoms with Crippen molar-refractivity contribution in [2.24, 2.45) is 52.3 Å². The number of quaternary nitrogens is 1. The zero-order valence-corrected chi connectivity index (χ0v) is 30.2. The molecular formula is C36H67NO5P+. The topological polar surface area (TPSA) is 65.0 Å². The molecule has 0 saturated heterocycles. The summed E-state index contributed by atoms with van der Waals surface area (Å²) in [7, 11) is 2.02. The van der Waals surface area contributed by atoms with Crippen molar-refractivity contribution in [3.8, 4) is 0 Å². The Labute approximate surface area is 264 Å². The number of phosphoric ester groups is 1. The van der Waals surface area contributed by atoms with Gasteiger partial charge in [-0.2, -0.15) is 0 Å². The standard InChI is InChI=1S/C36H66NO5P/c1-10-28(26(2)3)12-11-27(4)32-15-16-33-31-14-13-29-25-30(17-19-35(29,5)34(31)18-20-36(32,33)6)40-23-24-42-43(38,39)41-22-21-37(7,8)9/h13,26-28,30-34H,10-12,14-25H2,1-9H3/p+1/t27-,28-,30?,31+,32-,33+,34+,35+,36-/m1/s1. The minimum atomic E-state index is -4.04. The molecule has 0 amide bonds. The number of fused-ring (bicyclic) bond motifs is 5. The van der Waals surface area contributed by atoms with Gasteiger partial charge in [-0.25, -0.2) is 4.57 Å². The average Bonchev–Trinajstić information content (AvgIpc) is 3.27. The van der Waals surface area contributed by atoms with Gasteiger partial charge in [0.05, 0.1) is 40.5 Å². The van der Waals surface area contributed by atoms with E-state index in [0.717, 1.165) is 54.3 Å². The fraction of sp³-hybridized carbons (Fsp3) is 0.944. The van der Waals surface area contributed by atoms with Crippen molar-refractivity contribution in [2.45, 2.75) is 118 Å². The predicted octanol–water partition coefficient (Wildman–Crippen LogP) is 8.89. The van der Waals surface area contributed by atoms with Crippen LogP contribution >= 0.6 is 7.82 Å². The second kappa shape index (κ2) is 14.3. The van der Waals surface area contributed by atoms with E-state index in [1.165, 1.54) is 57.8 Å². The maximum absolute atomic E-state index is 12.2. The third-order valence-electron chi connectivity index (χ3n) is 13.0. The van der Waals surface area contributed by atoms with Crippen molar-refractivity contribution in [2.75, 3.05) is 47.5 Å². The van der Waals surface area contributed by atoms with Crippen molar-refractivity contribution in [3.05, 3.63) is 11.6 Å². The molecule has 0 aromatic carbocycles. The number of allylic oxidation sites excluding steroid dienone is 1. The molecule has 0 heterocycles. The summed E-state index contributed by atoms with van der Waals surface area (Å²) in [6.45, 7) is 16.3. The van der Waals surface area contributed by atoms with Crippen LogP contribution in [0.15, 0.2) is 11.6 Å². The monoisotopic (exact) mass is 624 g/mol. The molecular weight excluding hydrogens is 557 g/mol. The summed E-state index contributed by atoms with van der Waals surface area (Å²) in [6, 6.07) is 0. The first kappa shape index (κ1) is 35.6. The highest BCUT2D eigenvalue weighted by Gasteiger charge is 2.59. The minimum absolute atomic E-state index is 0.0755. The molecule has 250 valence electrons. The van der Waals surface area contributed by atoms with Gasteiger partial charge in [0.2, 0.25) is 0 Å². The minimum Gasteiger partial charge on any atom is -0.375 e. The summed E-state index contributed by atoms with van der Waals surface area (Å²) in [5.41, 5.74) is 2.44. The lowest BCUT2D eigenvalue weighted by molar-refractivity contribution is -0.870. The van der Waals surface area contributed by atoms with Crippen LogP contribution in [0, 0.1) is 52.3 Å². The first-order chi connectivity index (χ1) is 20.1. The van der Waals surface area contributed by atoms with Crippen molar-refractivity contribution < 1.29 is 27.7 Å². The van der Waals surface area contributed by atoms with Crippen LogP contribution in [0.25, 0.3) is 0 Å². The quantitative estimate of drug-likeness (QED) is 0.0853. The number of nitrogens with zero attached hydrogens (tertiary/aromatic N) is 1. The van der Waals surface area contributed by atoms with Gasteiger partial charge in [0.25, 0.3) is 0 Å². The molecule has 1 N–H and O–H groups in total. The zero-order valence-electron chi connectivity index (χ0n) is 29.3. The zero-order chi connectivity index (χ0) is 31.6. The van der Waals surface area contributed by atoms with Gasteiger partial charge in [0.15, 0.2) is 0 Å². The molecule has 3 saturated carbocycles. The molecule has 2 unspecified atom stereocenters. The van der Waals surface area contributed by atoms with Gasteiger partial charge in [-0.05, 0) is 110 Å². The second-order valence-corrected chi connectivity index (χ2v) is 18.3. The van der Waals surface area contributed by atoms with Crippen LogP contribution in [-0.2, 0) is 18.3 Å². The van der Waals surface area contributed by atoms with E-state index >= 15 is 0 Å². The van der Waals surface area contributed by atoms with E-state index < -0.39 is 7.82 Å². The number of phosphoric acid groups is 1. The van der Waals surface area contributed by atoms with E-state index in [0.29, 0.717) is 28.5 Å². The van der Waals surface area contributed by atoms with E-state index in [1.807, 2.05) is 21.1 Å². The highest BCUT2D eigenvalue weighted by atomic mass is 31.2. The van der Waals surface area contributed by atoms with Crippen LogP contribution in [0.1, 0.15) is 112 Å². The van der Waals surface area contributed by atoms with Crippen LogP contribution in [0.4, 0.5) is 0 Å². The van der Waals surface area contributed by atoms with Crippen LogP contribution in [0.3, 0.4) is 0 Å². The maximum Gasteiger partial charge on any atom is 0.472 e. The van der Waals surface area contributed by atoms with Gasteiger partial charge in [0.1, 0.15) is 13.2 Å². The Bertz CT molecular complexity index is 993. The second-order valence-electron chi connectivity index (χ2n) is 16.8. The summed E-state index contributed by atoms with van der Waals surface area (Å²) >= 11 is 0. The molecule has 0 bridgehead atoms. The molecule has 4 aliphatic rings. The Kier molecular flexibility index (Phi) is 11.8. The van der Waals surface area contributed by atoms with Gasteiger partial charge in [-0.1, -0.05) is 66.0 Å². The van der Waals surface area contributed by atoms with Gasteiger partial charge < -0.3 is 14.1 Å². The summed E-state index contributed by atoms with van der Waals surface area (Å²) in [5.74, 6) is 5.94. The van der Waals surface area contributed by atoms with E-state index in [4.69, 9.17) is 13.8 Å². The number of ether oxygens (including phenoxy) is 1. The maximum atomic E-state index is 12.2. The van der Waals surface area contributed by atoms with Crippen molar-refractivity contribution in [3.63, 3.8) is 0 Å². The smallest absolute Gasteiger partial charge is 0.375 e. The van der Waals surface area contributed by atoms with E-state index in [9.17, 15) is 9.46 Å². The Morgan fingerprint density at radius 1 is 0.977 bits per heavy atom. The van der Waals surface area contributed by atoms with E-state index in [-0.39, 0.29) is 19.3 Å². The number of hydrogen-bond donors (Lipinski definition) is 1. The molecule has 6 nitrogen and oxygen atoms in total. The number of hydrogen-bond acceptors (Lipinski definition) is 4. The van der Waals surface area contributed by atoms with Gasteiger partial charge in [0, 0.05) is 0 Å². The number of rotatable bonds is 15. The van der Waals surface area contributed by atoms with Crippen LogP contribution < -0.4 is 0 Å².